The van der Waals surface area contributed by atoms with Crippen molar-refractivity contribution in [3.05, 3.63) is 28.5 Å². The van der Waals surface area contributed by atoms with Crippen LogP contribution in [0, 0.1) is 11.3 Å². The van der Waals surface area contributed by atoms with Crippen LogP contribution >= 0.6 is 15.9 Å². The van der Waals surface area contributed by atoms with Gasteiger partial charge >= 0.3 is 0 Å². The van der Waals surface area contributed by atoms with Gasteiger partial charge in [-0.25, -0.2) is 4.98 Å². The number of hydrogen-bond donors (Lipinski definition) is 1. The van der Waals surface area contributed by atoms with E-state index in [-0.39, 0.29) is 5.91 Å². The molecule has 0 atom stereocenters. The van der Waals surface area contributed by atoms with E-state index < -0.39 is 5.54 Å². The van der Waals surface area contributed by atoms with Crippen LogP contribution in [0.15, 0.2) is 22.9 Å². The fourth-order valence-electron chi connectivity index (χ4n) is 1.45. The second-order valence-corrected chi connectivity index (χ2v) is 4.45. The predicted molar refractivity (Wildman–Crippen MR) is 68.3 cm³/mol. The zero-order valence-corrected chi connectivity index (χ0v) is 11.4. The third kappa shape index (κ3) is 3.04. The standard InChI is InChI=1S/C12H14BrN3O/c1-3-12(4-2,8-14)16-11(17)9-6-5-7-15-10(9)13/h5-7H,3-4H2,1-2H3,(H,16,17). The van der Waals surface area contributed by atoms with Crippen LogP contribution in [0.4, 0.5) is 0 Å². The molecule has 0 saturated heterocycles. The molecule has 17 heavy (non-hydrogen) atoms. The van der Waals surface area contributed by atoms with E-state index in [2.05, 4.69) is 32.3 Å². The summed E-state index contributed by atoms with van der Waals surface area (Å²) in [6.45, 7) is 3.76. The fraction of sp³-hybridized carbons (Fsp3) is 0.417. The van der Waals surface area contributed by atoms with Crippen molar-refractivity contribution in [1.29, 1.82) is 5.26 Å². The van der Waals surface area contributed by atoms with Crippen LogP contribution in [0.3, 0.4) is 0 Å². The molecule has 1 rings (SSSR count). The lowest BCUT2D eigenvalue weighted by Crippen LogP contribution is -2.46. The van der Waals surface area contributed by atoms with E-state index >= 15 is 0 Å². The van der Waals surface area contributed by atoms with Gasteiger partial charge in [0.15, 0.2) is 0 Å². The maximum Gasteiger partial charge on any atom is 0.255 e. The Labute approximate surface area is 109 Å². The minimum atomic E-state index is -0.799. The molecule has 90 valence electrons. The Kier molecular flexibility index (Phi) is 4.64. The molecule has 0 aliphatic rings. The van der Waals surface area contributed by atoms with Crippen LogP contribution in [0.2, 0.25) is 0 Å². The SMILES string of the molecule is CCC(C#N)(CC)NC(=O)c1cccnc1Br. The van der Waals surface area contributed by atoms with Crippen molar-refractivity contribution in [1.82, 2.24) is 10.3 Å². The van der Waals surface area contributed by atoms with Gasteiger partial charge in [0, 0.05) is 6.20 Å². The molecule has 0 radical (unpaired) electrons. The highest BCUT2D eigenvalue weighted by atomic mass is 79.9. The van der Waals surface area contributed by atoms with E-state index in [1.54, 1.807) is 18.3 Å². The van der Waals surface area contributed by atoms with Gasteiger partial charge in [0.2, 0.25) is 0 Å². The molecule has 0 aliphatic heterocycles. The predicted octanol–water partition coefficient (Wildman–Crippen LogP) is 2.66. The highest BCUT2D eigenvalue weighted by Crippen LogP contribution is 2.17. The van der Waals surface area contributed by atoms with E-state index in [9.17, 15) is 4.79 Å². The topological polar surface area (TPSA) is 65.8 Å². The second kappa shape index (κ2) is 5.78. The van der Waals surface area contributed by atoms with E-state index in [1.807, 2.05) is 13.8 Å². The maximum absolute atomic E-state index is 12.0. The lowest BCUT2D eigenvalue weighted by Gasteiger charge is -2.24. The lowest BCUT2D eigenvalue weighted by atomic mass is 9.94. The van der Waals surface area contributed by atoms with Crippen LogP contribution in [-0.2, 0) is 0 Å². The molecule has 4 nitrogen and oxygen atoms in total. The number of aromatic nitrogens is 1. The molecule has 0 bridgehead atoms. The largest absolute Gasteiger partial charge is 0.334 e. The minimum Gasteiger partial charge on any atom is -0.334 e. The Balaban J connectivity index is 2.94. The normalized spacial score (nSPS) is 10.7. The van der Waals surface area contributed by atoms with Crippen LogP contribution in [-0.4, -0.2) is 16.4 Å². The number of pyridine rings is 1. The monoisotopic (exact) mass is 295 g/mol. The summed E-state index contributed by atoms with van der Waals surface area (Å²) in [4.78, 5) is 16.0. The molecule has 0 aromatic carbocycles. The molecular formula is C12H14BrN3O. The summed E-state index contributed by atoms with van der Waals surface area (Å²) in [7, 11) is 0. The zero-order chi connectivity index (χ0) is 12.9. The van der Waals surface area contributed by atoms with Crippen molar-refractivity contribution in [2.24, 2.45) is 0 Å². The van der Waals surface area contributed by atoms with Gasteiger partial charge in [-0.1, -0.05) is 13.8 Å². The van der Waals surface area contributed by atoms with Crippen LogP contribution in [0.25, 0.3) is 0 Å². The van der Waals surface area contributed by atoms with Gasteiger partial charge in [-0.3, -0.25) is 4.79 Å². The quantitative estimate of drug-likeness (QED) is 0.869. The first-order chi connectivity index (χ1) is 8.08. The van der Waals surface area contributed by atoms with Crippen LogP contribution in [0.5, 0.6) is 0 Å². The molecule has 0 unspecified atom stereocenters. The first-order valence-electron chi connectivity index (χ1n) is 5.43. The van der Waals surface area contributed by atoms with Crippen molar-refractivity contribution in [2.45, 2.75) is 32.2 Å². The van der Waals surface area contributed by atoms with Crippen LogP contribution in [0.1, 0.15) is 37.0 Å². The van der Waals surface area contributed by atoms with Gasteiger partial charge in [0.25, 0.3) is 5.91 Å². The summed E-state index contributed by atoms with van der Waals surface area (Å²) in [6, 6.07) is 5.52. The van der Waals surface area contributed by atoms with Crippen molar-refractivity contribution < 1.29 is 4.79 Å². The Morgan fingerprint density at radius 3 is 2.71 bits per heavy atom. The zero-order valence-electron chi connectivity index (χ0n) is 9.83. The molecule has 1 amide bonds. The van der Waals surface area contributed by atoms with E-state index in [0.717, 1.165) is 0 Å². The number of carbonyl (C=O) groups is 1. The van der Waals surface area contributed by atoms with Gasteiger partial charge in [-0.05, 0) is 40.9 Å². The number of nitrogens with one attached hydrogen (secondary N) is 1. The molecule has 1 N–H and O–H groups in total. The molecule has 0 spiro atoms. The van der Waals surface area contributed by atoms with E-state index in [1.165, 1.54) is 0 Å². The molecule has 0 aliphatic carbocycles. The Hall–Kier alpha value is -1.41. The summed E-state index contributed by atoms with van der Waals surface area (Å²) in [5.41, 5.74) is -0.360. The average Bonchev–Trinajstić information content (AvgIpc) is 2.36. The highest BCUT2D eigenvalue weighted by molar-refractivity contribution is 9.10. The number of halogens is 1. The van der Waals surface area contributed by atoms with E-state index in [0.29, 0.717) is 23.0 Å². The molecule has 1 aromatic heterocycles. The Bertz CT molecular complexity index is 449. The first-order valence-corrected chi connectivity index (χ1v) is 6.22. The third-order valence-electron chi connectivity index (χ3n) is 2.78. The molecule has 1 aromatic rings. The second-order valence-electron chi connectivity index (χ2n) is 3.70. The van der Waals surface area contributed by atoms with Gasteiger partial charge in [0.05, 0.1) is 11.6 Å². The van der Waals surface area contributed by atoms with Gasteiger partial charge in [-0.2, -0.15) is 5.26 Å². The highest BCUT2D eigenvalue weighted by Gasteiger charge is 2.28. The van der Waals surface area contributed by atoms with Crippen LogP contribution < -0.4 is 5.32 Å². The minimum absolute atomic E-state index is 0.282. The number of carbonyl (C=O) groups excluding carboxylic acids is 1. The first kappa shape index (κ1) is 13.7. The summed E-state index contributed by atoms with van der Waals surface area (Å²) in [5.74, 6) is -0.282. The Morgan fingerprint density at radius 2 is 2.24 bits per heavy atom. The van der Waals surface area contributed by atoms with Crippen molar-refractivity contribution in [3.8, 4) is 6.07 Å². The average molecular weight is 296 g/mol. The summed E-state index contributed by atoms with van der Waals surface area (Å²) >= 11 is 3.22. The van der Waals surface area contributed by atoms with Gasteiger partial charge < -0.3 is 5.32 Å². The van der Waals surface area contributed by atoms with Crippen molar-refractivity contribution in [3.63, 3.8) is 0 Å². The number of nitriles is 1. The Morgan fingerprint density at radius 1 is 1.59 bits per heavy atom. The number of hydrogen-bond acceptors (Lipinski definition) is 3. The van der Waals surface area contributed by atoms with E-state index in [4.69, 9.17) is 5.26 Å². The maximum atomic E-state index is 12.0. The summed E-state index contributed by atoms with van der Waals surface area (Å²) < 4.78 is 0.483. The molecule has 1 heterocycles. The molecule has 5 heteroatoms. The van der Waals surface area contributed by atoms with Gasteiger partial charge in [-0.15, -0.1) is 0 Å². The van der Waals surface area contributed by atoms with Gasteiger partial charge in [0.1, 0.15) is 10.1 Å². The number of amides is 1. The molecule has 0 saturated carbocycles. The number of rotatable bonds is 4. The third-order valence-corrected chi connectivity index (χ3v) is 3.41. The smallest absolute Gasteiger partial charge is 0.255 e. The van der Waals surface area contributed by atoms with Crippen molar-refractivity contribution >= 4 is 21.8 Å². The molecule has 0 fully saturated rings. The molecular weight excluding hydrogens is 282 g/mol. The lowest BCUT2D eigenvalue weighted by molar-refractivity contribution is 0.0914. The fourth-order valence-corrected chi connectivity index (χ4v) is 1.88. The number of nitrogens with zero attached hydrogens (tertiary/aromatic N) is 2. The summed E-state index contributed by atoms with van der Waals surface area (Å²) in [5, 5.41) is 11.9. The van der Waals surface area contributed by atoms with Crippen molar-refractivity contribution in [2.75, 3.05) is 0 Å². The summed E-state index contributed by atoms with van der Waals surface area (Å²) in [6.07, 6.45) is 2.74.